The van der Waals surface area contributed by atoms with Crippen LogP contribution in [-0.4, -0.2) is 43.8 Å². The number of anilines is 1. The third-order valence-electron chi connectivity index (χ3n) is 7.99. The number of carbonyl (C=O) groups is 2. The van der Waals surface area contributed by atoms with Crippen LogP contribution in [0.5, 0.6) is 0 Å². The van der Waals surface area contributed by atoms with Crippen molar-refractivity contribution in [3.63, 3.8) is 0 Å². The van der Waals surface area contributed by atoms with E-state index in [2.05, 4.69) is 5.32 Å². The summed E-state index contributed by atoms with van der Waals surface area (Å²) in [4.78, 5) is 29.6. The maximum Gasteiger partial charge on any atom is 0.264 e. The van der Waals surface area contributed by atoms with Crippen LogP contribution in [0.1, 0.15) is 67.7 Å². The van der Waals surface area contributed by atoms with E-state index >= 15 is 0 Å². The summed E-state index contributed by atoms with van der Waals surface area (Å²) >= 11 is 0. The van der Waals surface area contributed by atoms with Crippen LogP contribution in [0.2, 0.25) is 0 Å². The highest BCUT2D eigenvalue weighted by Gasteiger charge is 2.34. The van der Waals surface area contributed by atoms with E-state index in [4.69, 9.17) is 0 Å². The largest absolute Gasteiger partial charge is 0.352 e. The Labute approximate surface area is 251 Å². The van der Waals surface area contributed by atoms with Crippen LogP contribution < -0.4 is 9.62 Å². The fraction of sp³-hybridized carbons (Fsp3) is 0.412. The molecule has 1 saturated carbocycles. The first-order chi connectivity index (χ1) is 20.1. The van der Waals surface area contributed by atoms with Crippen molar-refractivity contribution in [1.29, 1.82) is 0 Å². The number of hydrogen-bond acceptors (Lipinski definition) is 4. The van der Waals surface area contributed by atoms with Crippen molar-refractivity contribution in [3.05, 3.63) is 95.1 Å². The molecule has 1 atom stereocenters. The molecule has 3 aromatic rings. The van der Waals surface area contributed by atoms with Gasteiger partial charge in [0.05, 0.1) is 10.6 Å². The first-order valence-corrected chi connectivity index (χ1v) is 16.3. The van der Waals surface area contributed by atoms with Crippen LogP contribution in [0.15, 0.2) is 77.7 Å². The molecule has 1 fully saturated rings. The van der Waals surface area contributed by atoms with Crippen molar-refractivity contribution in [2.24, 2.45) is 0 Å². The monoisotopic (exact) mass is 589 g/mol. The third-order valence-corrected chi connectivity index (χ3v) is 9.78. The van der Waals surface area contributed by atoms with Crippen molar-refractivity contribution in [2.75, 3.05) is 10.8 Å². The number of benzene rings is 3. The zero-order chi connectivity index (χ0) is 30.3. The van der Waals surface area contributed by atoms with Gasteiger partial charge in [0.15, 0.2) is 0 Å². The van der Waals surface area contributed by atoms with Crippen molar-refractivity contribution >= 4 is 27.5 Å². The molecule has 0 heterocycles. The smallest absolute Gasteiger partial charge is 0.264 e. The predicted molar refractivity (Wildman–Crippen MR) is 168 cm³/mol. The number of sulfonamides is 1. The summed E-state index contributed by atoms with van der Waals surface area (Å²) in [5.41, 5.74) is 4.18. The Balaban J connectivity index is 1.70. The molecular weight excluding hydrogens is 546 g/mol. The molecule has 3 aromatic carbocycles. The van der Waals surface area contributed by atoms with Crippen molar-refractivity contribution in [3.8, 4) is 0 Å². The minimum Gasteiger partial charge on any atom is -0.352 e. The molecular formula is C34H43N3O4S. The molecule has 1 aliphatic rings. The predicted octanol–water partition coefficient (Wildman–Crippen LogP) is 6.06. The molecule has 0 saturated heterocycles. The molecule has 2 amide bonds. The van der Waals surface area contributed by atoms with Gasteiger partial charge in [-0.05, 0) is 75.4 Å². The Morgan fingerprint density at radius 2 is 1.48 bits per heavy atom. The second-order valence-electron chi connectivity index (χ2n) is 11.4. The number of rotatable bonds is 11. The van der Waals surface area contributed by atoms with Gasteiger partial charge in [0.1, 0.15) is 12.6 Å². The van der Waals surface area contributed by atoms with E-state index in [0.717, 1.165) is 47.9 Å². The average molecular weight is 590 g/mol. The third kappa shape index (κ3) is 7.79. The number of carbonyl (C=O) groups excluding carboxylic acids is 2. The molecule has 0 radical (unpaired) electrons. The zero-order valence-electron chi connectivity index (χ0n) is 25.2. The summed E-state index contributed by atoms with van der Waals surface area (Å²) in [5.74, 6) is -0.619. The molecule has 0 spiro atoms. The molecule has 4 rings (SSSR count). The maximum atomic E-state index is 14.3. The minimum atomic E-state index is -4.08. The lowest BCUT2D eigenvalue weighted by Crippen LogP contribution is -2.54. The zero-order valence-corrected chi connectivity index (χ0v) is 26.0. The molecule has 0 unspecified atom stereocenters. The van der Waals surface area contributed by atoms with Gasteiger partial charge in [0.2, 0.25) is 11.8 Å². The molecule has 1 N–H and O–H groups in total. The topological polar surface area (TPSA) is 86.8 Å². The van der Waals surface area contributed by atoms with Crippen molar-refractivity contribution in [1.82, 2.24) is 10.2 Å². The van der Waals surface area contributed by atoms with Gasteiger partial charge in [-0.2, -0.15) is 0 Å². The quantitative estimate of drug-likeness (QED) is 0.294. The van der Waals surface area contributed by atoms with Crippen LogP contribution in [-0.2, 0) is 26.2 Å². The molecule has 0 bridgehead atoms. The van der Waals surface area contributed by atoms with E-state index in [1.165, 1.54) is 10.7 Å². The van der Waals surface area contributed by atoms with Gasteiger partial charge < -0.3 is 10.2 Å². The maximum absolute atomic E-state index is 14.3. The number of hydrogen-bond donors (Lipinski definition) is 1. The van der Waals surface area contributed by atoms with E-state index in [-0.39, 0.29) is 23.4 Å². The molecule has 8 heteroatoms. The average Bonchev–Trinajstić information content (AvgIpc) is 2.97. The second kappa shape index (κ2) is 14.0. The first kappa shape index (κ1) is 31.3. The highest BCUT2D eigenvalue weighted by Crippen LogP contribution is 2.26. The summed E-state index contributed by atoms with van der Waals surface area (Å²) in [7, 11) is -4.08. The number of aryl methyl sites for hydroxylation is 3. The van der Waals surface area contributed by atoms with E-state index in [1.807, 2.05) is 58.0 Å². The summed E-state index contributed by atoms with van der Waals surface area (Å²) in [6, 6.07) is 20.9. The Morgan fingerprint density at radius 3 is 2.07 bits per heavy atom. The molecule has 42 heavy (non-hydrogen) atoms. The SMILES string of the molecule is CC[C@@H](C(=O)NC1CCCCC1)N(Cc1ccc(C)cc1)C(=O)CN(c1cccc(C)c1)S(=O)(=O)c1ccc(C)cc1. The fourth-order valence-corrected chi connectivity index (χ4v) is 6.91. The van der Waals surface area contributed by atoms with Crippen LogP contribution in [0.4, 0.5) is 5.69 Å². The Morgan fingerprint density at radius 1 is 0.857 bits per heavy atom. The molecule has 1 aliphatic carbocycles. The van der Waals surface area contributed by atoms with E-state index in [0.29, 0.717) is 12.1 Å². The number of nitrogens with zero attached hydrogens (tertiary/aromatic N) is 2. The summed E-state index contributed by atoms with van der Waals surface area (Å²) < 4.78 is 29.2. The van der Waals surface area contributed by atoms with E-state index < -0.39 is 28.5 Å². The van der Waals surface area contributed by atoms with Crippen LogP contribution in [0, 0.1) is 20.8 Å². The van der Waals surface area contributed by atoms with Gasteiger partial charge in [0.25, 0.3) is 10.0 Å². The van der Waals surface area contributed by atoms with Gasteiger partial charge in [-0.15, -0.1) is 0 Å². The Bertz CT molecular complexity index is 1460. The molecule has 7 nitrogen and oxygen atoms in total. The van der Waals surface area contributed by atoms with Gasteiger partial charge in [-0.3, -0.25) is 13.9 Å². The van der Waals surface area contributed by atoms with Gasteiger partial charge in [0, 0.05) is 12.6 Å². The molecule has 0 aromatic heterocycles. The second-order valence-corrected chi connectivity index (χ2v) is 13.3. The van der Waals surface area contributed by atoms with Gasteiger partial charge in [-0.25, -0.2) is 8.42 Å². The summed E-state index contributed by atoms with van der Waals surface area (Å²) in [6.07, 6.45) is 5.61. The molecule has 0 aliphatic heterocycles. The van der Waals surface area contributed by atoms with Crippen molar-refractivity contribution < 1.29 is 18.0 Å². The highest BCUT2D eigenvalue weighted by atomic mass is 32.2. The van der Waals surface area contributed by atoms with Crippen LogP contribution in [0.25, 0.3) is 0 Å². The standard InChI is InChI=1S/C34H43N3O4S/c1-5-32(34(39)35-29-11-7-6-8-12-29)36(23-28-18-14-25(2)15-19-28)33(38)24-37(30-13-9-10-27(4)22-30)42(40,41)31-20-16-26(3)17-21-31/h9-10,13-22,29,32H,5-8,11-12,23-24H2,1-4H3,(H,35,39)/t32-/m0/s1. The van der Waals surface area contributed by atoms with Crippen molar-refractivity contribution in [2.45, 2.75) is 89.7 Å². The summed E-state index contributed by atoms with van der Waals surface area (Å²) in [5, 5.41) is 3.19. The Kier molecular flexibility index (Phi) is 10.4. The van der Waals surface area contributed by atoms with Gasteiger partial charge in [-0.1, -0.05) is 85.8 Å². The van der Waals surface area contributed by atoms with Gasteiger partial charge >= 0.3 is 0 Å². The lowest BCUT2D eigenvalue weighted by Gasteiger charge is -2.34. The highest BCUT2D eigenvalue weighted by molar-refractivity contribution is 7.92. The lowest BCUT2D eigenvalue weighted by atomic mass is 9.95. The molecule has 224 valence electrons. The van der Waals surface area contributed by atoms with E-state index in [9.17, 15) is 18.0 Å². The Hall–Kier alpha value is -3.65. The first-order valence-electron chi connectivity index (χ1n) is 14.9. The minimum absolute atomic E-state index is 0.0994. The van der Waals surface area contributed by atoms with Crippen LogP contribution in [0.3, 0.4) is 0 Å². The van der Waals surface area contributed by atoms with E-state index in [1.54, 1.807) is 47.4 Å². The number of nitrogens with one attached hydrogen (secondary N) is 1. The fourth-order valence-electron chi connectivity index (χ4n) is 5.50. The normalized spacial score (nSPS) is 14.7. The van der Waals surface area contributed by atoms with Crippen LogP contribution >= 0.6 is 0 Å². The number of amides is 2. The summed E-state index contributed by atoms with van der Waals surface area (Å²) in [6.45, 7) is 7.43. The lowest BCUT2D eigenvalue weighted by molar-refractivity contribution is -0.140.